The van der Waals surface area contributed by atoms with Crippen LogP contribution in [-0.2, 0) is 18.4 Å². The molecule has 1 heterocycles. The number of rotatable bonds is 9. The number of amides is 2. The third kappa shape index (κ3) is 6.55. The summed E-state index contributed by atoms with van der Waals surface area (Å²) in [6.07, 6.45) is 3.48. The highest BCUT2D eigenvalue weighted by Crippen LogP contribution is 2.18. The second kappa shape index (κ2) is 10.8. The van der Waals surface area contributed by atoms with Crippen molar-refractivity contribution in [2.24, 2.45) is 7.05 Å². The van der Waals surface area contributed by atoms with E-state index in [2.05, 4.69) is 15.0 Å². The minimum atomic E-state index is -2.88. The van der Waals surface area contributed by atoms with Gasteiger partial charge in [0.15, 0.2) is 5.16 Å². The van der Waals surface area contributed by atoms with Crippen molar-refractivity contribution in [2.75, 3.05) is 18.1 Å². The standard InChI is InChI=1S/C22H22F2N4O3S/c1-27-12-11-25-22(27)32-14-19(29)26-17-7-5-16(6-8-17)20(30)28(2)13-15-3-9-18(10-4-15)31-21(23)24/h3-12,21H,13-14H2,1-2H3,(H,26,29). The summed E-state index contributed by atoms with van der Waals surface area (Å²) in [5.74, 6) is -0.0987. The monoisotopic (exact) mass is 460 g/mol. The molecular formula is C22H22F2N4O3S. The molecule has 0 aliphatic carbocycles. The summed E-state index contributed by atoms with van der Waals surface area (Å²) in [5, 5.41) is 3.54. The molecule has 1 aromatic heterocycles. The number of hydrogen-bond acceptors (Lipinski definition) is 5. The quantitative estimate of drug-likeness (QED) is 0.488. The van der Waals surface area contributed by atoms with E-state index < -0.39 is 6.61 Å². The zero-order chi connectivity index (χ0) is 23.1. The molecule has 0 unspecified atom stereocenters. The third-order valence-corrected chi connectivity index (χ3v) is 5.50. The molecule has 0 atom stereocenters. The van der Waals surface area contributed by atoms with Crippen molar-refractivity contribution in [3.8, 4) is 5.75 Å². The number of halogens is 2. The maximum atomic E-state index is 12.7. The van der Waals surface area contributed by atoms with Crippen molar-refractivity contribution < 1.29 is 23.1 Å². The number of anilines is 1. The number of imidazole rings is 1. The fourth-order valence-electron chi connectivity index (χ4n) is 2.86. The van der Waals surface area contributed by atoms with E-state index in [-0.39, 0.29) is 23.3 Å². The zero-order valence-corrected chi connectivity index (χ0v) is 18.3. The van der Waals surface area contributed by atoms with Crippen molar-refractivity contribution in [1.82, 2.24) is 14.5 Å². The smallest absolute Gasteiger partial charge is 0.387 e. The lowest BCUT2D eigenvalue weighted by Crippen LogP contribution is -2.26. The highest BCUT2D eigenvalue weighted by Gasteiger charge is 2.13. The summed E-state index contributed by atoms with van der Waals surface area (Å²) < 4.78 is 30.6. The van der Waals surface area contributed by atoms with Crippen molar-refractivity contribution in [3.63, 3.8) is 0 Å². The molecule has 0 spiro atoms. The SMILES string of the molecule is CN(Cc1ccc(OC(F)F)cc1)C(=O)c1ccc(NC(=O)CSc2nccn2C)cc1. The van der Waals surface area contributed by atoms with Crippen LogP contribution in [0.5, 0.6) is 5.75 Å². The molecule has 0 saturated heterocycles. The second-order valence-electron chi connectivity index (χ2n) is 6.92. The molecule has 32 heavy (non-hydrogen) atoms. The van der Waals surface area contributed by atoms with Gasteiger partial charge in [0.2, 0.25) is 5.91 Å². The van der Waals surface area contributed by atoms with Gasteiger partial charge in [-0.15, -0.1) is 0 Å². The van der Waals surface area contributed by atoms with E-state index in [0.717, 1.165) is 10.7 Å². The van der Waals surface area contributed by atoms with E-state index in [9.17, 15) is 18.4 Å². The summed E-state index contributed by atoms with van der Waals surface area (Å²) in [6.45, 7) is -2.58. The maximum absolute atomic E-state index is 12.7. The van der Waals surface area contributed by atoms with Gasteiger partial charge in [-0.25, -0.2) is 4.98 Å². The number of hydrogen-bond donors (Lipinski definition) is 1. The summed E-state index contributed by atoms with van der Waals surface area (Å²) in [6, 6.07) is 12.7. The molecule has 0 aliphatic heterocycles. The number of nitrogens with zero attached hydrogens (tertiary/aromatic N) is 3. The van der Waals surface area contributed by atoms with Gasteiger partial charge in [-0.2, -0.15) is 8.78 Å². The first-order chi connectivity index (χ1) is 15.3. The molecule has 3 aromatic rings. The van der Waals surface area contributed by atoms with Crippen molar-refractivity contribution in [3.05, 3.63) is 72.1 Å². The van der Waals surface area contributed by atoms with Gasteiger partial charge in [-0.05, 0) is 42.0 Å². The Bertz CT molecular complexity index is 1060. The largest absolute Gasteiger partial charge is 0.435 e. The lowest BCUT2D eigenvalue weighted by atomic mass is 10.1. The van der Waals surface area contributed by atoms with Crippen molar-refractivity contribution in [2.45, 2.75) is 18.3 Å². The van der Waals surface area contributed by atoms with Crippen LogP contribution < -0.4 is 10.1 Å². The van der Waals surface area contributed by atoms with Gasteiger partial charge in [-0.1, -0.05) is 23.9 Å². The number of benzene rings is 2. The molecule has 0 fully saturated rings. The Morgan fingerprint density at radius 2 is 1.84 bits per heavy atom. The molecule has 1 N–H and O–H groups in total. The number of ether oxygens (including phenoxy) is 1. The highest BCUT2D eigenvalue weighted by molar-refractivity contribution is 7.99. The fourth-order valence-corrected chi connectivity index (χ4v) is 3.59. The van der Waals surface area contributed by atoms with Gasteiger partial charge in [-0.3, -0.25) is 9.59 Å². The molecule has 2 aromatic carbocycles. The predicted octanol–water partition coefficient (Wildman–Crippen LogP) is 4.02. The van der Waals surface area contributed by atoms with E-state index in [1.165, 1.54) is 28.8 Å². The Labute approximate surface area is 188 Å². The van der Waals surface area contributed by atoms with Crippen LogP contribution in [0, 0.1) is 0 Å². The van der Waals surface area contributed by atoms with E-state index in [4.69, 9.17) is 0 Å². The van der Waals surface area contributed by atoms with Crippen LogP contribution in [-0.4, -0.2) is 45.7 Å². The zero-order valence-electron chi connectivity index (χ0n) is 17.5. The highest BCUT2D eigenvalue weighted by atomic mass is 32.2. The van der Waals surface area contributed by atoms with E-state index in [1.807, 2.05) is 17.8 Å². The normalized spacial score (nSPS) is 10.8. The van der Waals surface area contributed by atoms with Crippen LogP contribution in [0.3, 0.4) is 0 Å². The number of carbonyl (C=O) groups excluding carboxylic acids is 2. The molecule has 3 rings (SSSR count). The first-order valence-electron chi connectivity index (χ1n) is 9.61. The Hall–Kier alpha value is -3.40. The average molecular weight is 461 g/mol. The van der Waals surface area contributed by atoms with Crippen LogP contribution in [0.2, 0.25) is 0 Å². The first-order valence-corrected chi connectivity index (χ1v) is 10.6. The number of nitrogens with one attached hydrogen (secondary N) is 1. The van der Waals surface area contributed by atoms with Crippen molar-refractivity contribution in [1.29, 1.82) is 0 Å². The molecule has 0 saturated carbocycles. The van der Waals surface area contributed by atoms with Gasteiger partial charge < -0.3 is 19.5 Å². The molecule has 168 valence electrons. The summed E-state index contributed by atoms with van der Waals surface area (Å²) in [5.41, 5.74) is 1.83. The van der Waals surface area contributed by atoms with E-state index in [1.54, 1.807) is 49.6 Å². The molecule has 10 heteroatoms. The average Bonchev–Trinajstić information content (AvgIpc) is 3.18. The molecular weight excluding hydrogens is 438 g/mol. The molecule has 7 nitrogen and oxygen atoms in total. The second-order valence-corrected chi connectivity index (χ2v) is 7.86. The van der Waals surface area contributed by atoms with Crippen LogP contribution in [0.4, 0.5) is 14.5 Å². The van der Waals surface area contributed by atoms with E-state index in [0.29, 0.717) is 17.8 Å². The van der Waals surface area contributed by atoms with Gasteiger partial charge in [0.05, 0.1) is 5.75 Å². The van der Waals surface area contributed by atoms with Crippen LogP contribution in [0.15, 0.2) is 66.1 Å². The summed E-state index contributed by atoms with van der Waals surface area (Å²) in [7, 11) is 3.51. The minimum absolute atomic E-state index is 0.0636. The third-order valence-electron chi connectivity index (χ3n) is 4.44. The Morgan fingerprint density at radius 1 is 1.16 bits per heavy atom. The summed E-state index contributed by atoms with van der Waals surface area (Å²) in [4.78, 5) is 30.5. The molecule has 2 amide bonds. The fraction of sp³-hybridized carbons (Fsp3) is 0.227. The Kier molecular flexibility index (Phi) is 7.82. The molecule has 0 bridgehead atoms. The van der Waals surface area contributed by atoms with Crippen LogP contribution in [0.1, 0.15) is 15.9 Å². The summed E-state index contributed by atoms with van der Waals surface area (Å²) >= 11 is 1.33. The number of aromatic nitrogens is 2. The topological polar surface area (TPSA) is 76.5 Å². The number of aryl methyl sites for hydroxylation is 1. The van der Waals surface area contributed by atoms with Crippen molar-refractivity contribution >= 4 is 29.3 Å². The maximum Gasteiger partial charge on any atom is 0.387 e. The predicted molar refractivity (Wildman–Crippen MR) is 118 cm³/mol. The number of alkyl halides is 2. The lowest BCUT2D eigenvalue weighted by Gasteiger charge is -2.18. The number of carbonyl (C=O) groups is 2. The van der Waals surface area contributed by atoms with Gasteiger partial charge in [0.1, 0.15) is 5.75 Å². The number of thioether (sulfide) groups is 1. The van der Waals surface area contributed by atoms with E-state index >= 15 is 0 Å². The van der Waals surface area contributed by atoms with Crippen LogP contribution in [0.25, 0.3) is 0 Å². The van der Waals surface area contributed by atoms with Crippen LogP contribution >= 0.6 is 11.8 Å². The van der Waals surface area contributed by atoms with Gasteiger partial charge in [0, 0.05) is 44.3 Å². The van der Waals surface area contributed by atoms with Gasteiger partial charge >= 0.3 is 6.61 Å². The first kappa shape index (κ1) is 23.3. The Balaban J connectivity index is 1.51. The Morgan fingerprint density at radius 3 is 2.44 bits per heavy atom. The minimum Gasteiger partial charge on any atom is -0.435 e. The van der Waals surface area contributed by atoms with Gasteiger partial charge in [0.25, 0.3) is 5.91 Å². The molecule has 0 radical (unpaired) electrons. The lowest BCUT2D eigenvalue weighted by molar-refractivity contribution is -0.113. The molecule has 0 aliphatic rings.